The van der Waals surface area contributed by atoms with Crippen LogP contribution >= 0.6 is 0 Å². The standard InChI is InChI=1S/C10H23N3O/c1-5-6-7-11-10(14)12-8-9(2)13(3)4/h9H,5-8H2,1-4H3,(H2,11,12,14). The molecule has 4 nitrogen and oxygen atoms in total. The fraction of sp³-hybridized carbons (Fsp3) is 0.900. The number of hydrogen-bond acceptors (Lipinski definition) is 2. The highest BCUT2D eigenvalue weighted by Gasteiger charge is 2.05. The first kappa shape index (κ1) is 13.2. The molecule has 0 spiro atoms. The first-order chi connectivity index (χ1) is 6.57. The van der Waals surface area contributed by atoms with E-state index in [4.69, 9.17) is 0 Å². The second kappa shape index (κ2) is 7.62. The van der Waals surface area contributed by atoms with Crippen LogP contribution in [0.5, 0.6) is 0 Å². The van der Waals surface area contributed by atoms with Crippen molar-refractivity contribution < 1.29 is 4.79 Å². The van der Waals surface area contributed by atoms with Gasteiger partial charge in [-0.15, -0.1) is 0 Å². The summed E-state index contributed by atoms with van der Waals surface area (Å²) in [4.78, 5) is 13.3. The molecule has 0 saturated carbocycles. The van der Waals surface area contributed by atoms with E-state index in [1.165, 1.54) is 0 Å². The fourth-order valence-electron chi connectivity index (χ4n) is 0.864. The highest BCUT2D eigenvalue weighted by Crippen LogP contribution is 1.88. The monoisotopic (exact) mass is 201 g/mol. The molecule has 1 unspecified atom stereocenters. The van der Waals surface area contributed by atoms with Gasteiger partial charge in [0.15, 0.2) is 0 Å². The molecular formula is C10H23N3O. The Morgan fingerprint density at radius 1 is 1.36 bits per heavy atom. The van der Waals surface area contributed by atoms with Crippen molar-refractivity contribution in [3.05, 3.63) is 0 Å². The molecule has 0 saturated heterocycles. The van der Waals surface area contributed by atoms with E-state index in [1.54, 1.807) is 0 Å². The minimum absolute atomic E-state index is 0.0628. The number of unbranched alkanes of at least 4 members (excludes halogenated alkanes) is 1. The van der Waals surface area contributed by atoms with Gasteiger partial charge in [0, 0.05) is 19.1 Å². The van der Waals surface area contributed by atoms with Crippen LogP contribution < -0.4 is 10.6 Å². The molecule has 0 aromatic heterocycles. The molecule has 0 fully saturated rings. The van der Waals surface area contributed by atoms with E-state index in [1.807, 2.05) is 14.1 Å². The van der Waals surface area contributed by atoms with E-state index in [9.17, 15) is 4.79 Å². The highest BCUT2D eigenvalue weighted by atomic mass is 16.2. The van der Waals surface area contributed by atoms with Crippen LogP contribution in [0.4, 0.5) is 4.79 Å². The van der Waals surface area contributed by atoms with Gasteiger partial charge in [-0.2, -0.15) is 0 Å². The lowest BCUT2D eigenvalue weighted by atomic mass is 10.3. The van der Waals surface area contributed by atoms with Gasteiger partial charge in [0.05, 0.1) is 0 Å². The average Bonchev–Trinajstić information content (AvgIpc) is 2.14. The number of likely N-dealkylation sites (N-methyl/N-ethyl adjacent to an activating group) is 1. The molecule has 0 bridgehead atoms. The van der Waals surface area contributed by atoms with E-state index in [2.05, 4.69) is 29.4 Å². The second-order valence-electron chi connectivity index (χ2n) is 3.80. The largest absolute Gasteiger partial charge is 0.338 e. The van der Waals surface area contributed by atoms with Gasteiger partial charge < -0.3 is 15.5 Å². The number of urea groups is 1. The van der Waals surface area contributed by atoms with Crippen molar-refractivity contribution in [2.45, 2.75) is 32.7 Å². The van der Waals surface area contributed by atoms with Crippen molar-refractivity contribution in [3.8, 4) is 0 Å². The van der Waals surface area contributed by atoms with Crippen molar-refractivity contribution >= 4 is 6.03 Å². The molecule has 0 aromatic carbocycles. The number of rotatable bonds is 6. The summed E-state index contributed by atoms with van der Waals surface area (Å²) in [5.74, 6) is 0. The molecule has 2 N–H and O–H groups in total. The molecule has 2 amide bonds. The number of hydrogen-bond donors (Lipinski definition) is 2. The zero-order chi connectivity index (χ0) is 11.0. The van der Waals surface area contributed by atoms with Crippen molar-refractivity contribution in [2.75, 3.05) is 27.2 Å². The minimum atomic E-state index is -0.0628. The maximum absolute atomic E-state index is 11.2. The molecule has 0 radical (unpaired) electrons. The van der Waals surface area contributed by atoms with Gasteiger partial charge in [-0.05, 0) is 27.4 Å². The van der Waals surface area contributed by atoms with Gasteiger partial charge >= 0.3 is 6.03 Å². The summed E-state index contributed by atoms with van der Waals surface area (Å²) >= 11 is 0. The molecular weight excluding hydrogens is 178 g/mol. The Bertz CT molecular complexity index is 159. The van der Waals surface area contributed by atoms with E-state index < -0.39 is 0 Å². The first-order valence-electron chi connectivity index (χ1n) is 5.26. The third-order valence-electron chi connectivity index (χ3n) is 2.26. The normalized spacial score (nSPS) is 12.6. The number of amides is 2. The van der Waals surface area contributed by atoms with Crippen molar-refractivity contribution in [2.24, 2.45) is 0 Å². The smallest absolute Gasteiger partial charge is 0.314 e. The zero-order valence-corrected chi connectivity index (χ0v) is 9.76. The molecule has 84 valence electrons. The summed E-state index contributed by atoms with van der Waals surface area (Å²) in [7, 11) is 4.00. The summed E-state index contributed by atoms with van der Waals surface area (Å²) in [6, 6.07) is 0.305. The van der Waals surface area contributed by atoms with Gasteiger partial charge in [0.25, 0.3) is 0 Å². The predicted octanol–water partition coefficient (Wildman–Crippen LogP) is 1.04. The van der Waals surface area contributed by atoms with Crippen LogP contribution in [0, 0.1) is 0 Å². The fourth-order valence-corrected chi connectivity index (χ4v) is 0.864. The summed E-state index contributed by atoms with van der Waals surface area (Å²) in [5.41, 5.74) is 0. The lowest BCUT2D eigenvalue weighted by Crippen LogP contribution is -2.43. The van der Waals surface area contributed by atoms with Gasteiger partial charge in [-0.25, -0.2) is 4.79 Å². The van der Waals surface area contributed by atoms with E-state index in [0.29, 0.717) is 12.6 Å². The number of nitrogens with one attached hydrogen (secondary N) is 2. The van der Waals surface area contributed by atoms with E-state index in [-0.39, 0.29) is 6.03 Å². The summed E-state index contributed by atoms with van der Waals surface area (Å²) in [6.07, 6.45) is 2.14. The predicted molar refractivity (Wildman–Crippen MR) is 59.5 cm³/mol. The Morgan fingerprint density at radius 2 is 2.00 bits per heavy atom. The van der Waals surface area contributed by atoms with Crippen LogP contribution in [0.3, 0.4) is 0 Å². The van der Waals surface area contributed by atoms with E-state index >= 15 is 0 Å². The molecule has 0 rings (SSSR count). The first-order valence-corrected chi connectivity index (χ1v) is 5.26. The Hall–Kier alpha value is -0.770. The Kier molecular flexibility index (Phi) is 7.20. The lowest BCUT2D eigenvalue weighted by molar-refractivity contribution is 0.234. The number of carbonyl (C=O) groups is 1. The third kappa shape index (κ3) is 6.71. The second-order valence-corrected chi connectivity index (χ2v) is 3.80. The van der Waals surface area contributed by atoms with Crippen LogP contribution in [0.25, 0.3) is 0 Å². The molecule has 4 heteroatoms. The van der Waals surface area contributed by atoms with Crippen LogP contribution in [0.1, 0.15) is 26.7 Å². The van der Waals surface area contributed by atoms with Crippen molar-refractivity contribution in [1.29, 1.82) is 0 Å². The van der Waals surface area contributed by atoms with Crippen LogP contribution in [0.2, 0.25) is 0 Å². The zero-order valence-electron chi connectivity index (χ0n) is 9.76. The topological polar surface area (TPSA) is 44.4 Å². The van der Waals surface area contributed by atoms with Gasteiger partial charge in [0.2, 0.25) is 0 Å². The number of nitrogens with zero attached hydrogens (tertiary/aromatic N) is 1. The summed E-state index contributed by atoms with van der Waals surface area (Å²) < 4.78 is 0. The van der Waals surface area contributed by atoms with Crippen molar-refractivity contribution in [1.82, 2.24) is 15.5 Å². The van der Waals surface area contributed by atoms with Crippen LogP contribution in [-0.2, 0) is 0 Å². The maximum atomic E-state index is 11.2. The van der Waals surface area contributed by atoms with E-state index in [0.717, 1.165) is 19.4 Å². The lowest BCUT2D eigenvalue weighted by Gasteiger charge is -2.20. The summed E-state index contributed by atoms with van der Waals surface area (Å²) in [5, 5.41) is 5.64. The number of carbonyl (C=O) groups excluding carboxylic acids is 1. The average molecular weight is 201 g/mol. The Balaban J connectivity index is 3.44. The molecule has 0 aliphatic carbocycles. The quantitative estimate of drug-likeness (QED) is 0.631. The molecule has 0 heterocycles. The maximum Gasteiger partial charge on any atom is 0.314 e. The van der Waals surface area contributed by atoms with Gasteiger partial charge in [-0.1, -0.05) is 13.3 Å². The minimum Gasteiger partial charge on any atom is -0.338 e. The Morgan fingerprint density at radius 3 is 2.50 bits per heavy atom. The third-order valence-corrected chi connectivity index (χ3v) is 2.26. The molecule has 0 aliphatic rings. The highest BCUT2D eigenvalue weighted by molar-refractivity contribution is 5.73. The van der Waals surface area contributed by atoms with Gasteiger partial charge in [-0.3, -0.25) is 0 Å². The molecule has 0 aliphatic heterocycles. The molecule has 1 atom stereocenters. The Labute approximate surface area is 87.0 Å². The molecule has 0 aromatic rings. The van der Waals surface area contributed by atoms with Crippen LogP contribution in [-0.4, -0.2) is 44.2 Å². The molecule has 14 heavy (non-hydrogen) atoms. The van der Waals surface area contributed by atoms with Crippen molar-refractivity contribution in [3.63, 3.8) is 0 Å². The SMILES string of the molecule is CCCCNC(=O)NCC(C)N(C)C. The van der Waals surface area contributed by atoms with Crippen LogP contribution in [0.15, 0.2) is 0 Å². The summed E-state index contributed by atoms with van der Waals surface area (Å²) in [6.45, 7) is 5.63. The van der Waals surface area contributed by atoms with Gasteiger partial charge in [0.1, 0.15) is 0 Å².